The van der Waals surface area contributed by atoms with Crippen molar-refractivity contribution in [3.05, 3.63) is 62.4 Å². The lowest BCUT2D eigenvalue weighted by Gasteiger charge is -2.10. The Balaban J connectivity index is 2.44. The van der Waals surface area contributed by atoms with Gasteiger partial charge in [0.15, 0.2) is 0 Å². The van der Waals surface area contributed by atoms with Gasteiger partial charge in [0.1, 0.15) is 11.6 Å². The van der Waals surface area contributed by atoms with Crippen LogP contribution < -0.4 is 4.74 Å². The highest BCUT2D eigenvalue weighted by Crippen LogP contribution is 2.35. The number of hydrogen-bond donors (Lipinski definition) is 0. The van der Waals surface area contributed by atoms with Crippen LogP contribution in [0.25, 0.3) is 0 Å². The van der Waals surface area contributed by atoms with Gasteiger partial charge >= 0.3 is 5.69 Å². The summed E-state index contributed by atoms with van der Waals surface area (Å²) < 4.78 is 19.3. The molecule has 0 bridgehead atoms. The minimum absolute atomic E-state index is 0.0409. The molecule has 0 spiro atoms. The van der Waals surface area contributed by atoms with E-state index in [1.54, 1.807) is 18.2 Å². The molecular weight excluding hydrogens is 353 g/mol. The van der Waals surface area contributed by atoms with Crippen LogP contribution in [0.1, 0.15) is 5.56 Å². The Labute approximate surface area is 127 Å². The van der Waals surface area contributed by atoms with Gasteiger partial charge in [-0.05, 0) is 24.3 Å². The lowest BCUT2D eigenvalue weighted by Crippen LogP contribution is -1.96. The molecule has 2 rings (SSSR count). The lowest BCUT2D eigenvalue weighted by molar-refractivity contribution is -0.385. The van der Waals surface area contributed by atoms with Crippen LogP contribution in [0.3, 0.4) is 0 Å². The first kappa shape index (κ1) is 14.7. The highest BCUT2D eigenvalue weighted by atomic mass is 79.9. The van der Waals surface area contributed by atoms with Crippen LogP contribution >= 0.6 is 27.5 Å². The van der Waals surface area contributed by atoms with Crippen molar-refractivity contribution >= 4 is 33.2 Å². The number of nitro benzene ring substituents is 1. The third-order valence-corrected chi connectivity index (χ3v) is 3.29. The van der Waals surface area contributed by atoms with Gasteiger partial charge in [-0.2, -0.15) is 0 Å². The number of rotatable bonds is 4. The van der Waals surface area contributed by atoms with Gasteiger partial charge < -0.3 is 4.74 Å². The molecule has 20 heavy (non-hydrogen) atoms. The zero-order valence-electron chi connectivity index (χ0n) is 9.98. The molecule has 0 amide bonds. The first-order valence-corrected chi connectivity index (χ1v) is 6.80. The van der Waals surface area contributed by atoms with Crippen LogP contribution in [0.2, 0.25) is 0 Å². The number of benzene rings is 2. The molecule has 0 aliphatic rings. The number of alkyl halides is 1. The van der Waals surface area contributed by atoms with Crippen LogP contribution in [0.15, 0.2) is 40.9 Å². The predicted octanol–water partition coefficient (Wildman–Crippen LogP) is 5.03. The number of ether oxygens (including phenoxy) is 1. The highest BCUT2D eigenvalue weighted by Gasteiger charge is 2.18. The highest BCUT2D eigenvalue weighted by molar-refractivity contribution is 9.10. The number of nitro groups is 1. The van der Waals surface area contributed by atoms with Crippen molar-refractivity contribution in [1.82, 2.24) is 0 Å². The molecule has 2 aromatic rings. The first-order chi connectivity index (χ1) is 9.51. The molecule has 0 unspecified atom stereocenters. The fourth-order valence-corrected chi connectivity index (χ4v) is 2.13. The predicted molar refractivity (Wildman–Crippen MR) is 76.8 cm³/mol. The molecule has 0 saturated heterocycles. The maximum absolute atomic E-state index is 13.1. The molecule has 0 aromatic heterocycles. The van der Waals surface area contributed by atoms with Gasteiger partial charge in [-0.25, -0.2) is 4.39 Å². The Bertz CT molecular complexity index is 666. The van der Waals surface area contributed by atoms with Crippen molar-refractivity contribution in [2.75, 3.05) is 0 Å². The van der Waals surface area contributed by atoms with E-state index in [4.69, 9.17) is 16.3 Å². The van der Waals surface area contributed by atoms with Gasteiger partial charge in [-0.3, -0.25) is 10.1 Å². The molecule has 7 heteroatoms. The van der Waals surface area contributed by atoms with E-state index in [-0.39, 0.29) is 11.6 Å². The van der Waals surface area contributed by atoms with Gasteiger partial charge in [-0.15, -0.1) is 11.6 Å². The maximum Gasteiger partial charge on any atom is 0.314 e. The van der Waals surface area contributed by atoms with E-state index in [9.17, 15) is 14.5 Å². The van der Waals surface area contributed by atoms with E-state index in [0.717, 1.165) is 16.6 Å². The second-order valence-corrected chi connectivity index (χ2v) is 5.04. The standard InChI is InChI=1S/C13H8BrClFNO3/c14-9-2-1-8(7-15)13(5-9)20-12-4-3-10(16)6-11(12)17(18)19/h1-6H,7H2. The summed E-state index contributed by atoms with van der Waals surface area (Å²) in [6.07, 6.45) is 0. The third kappa shape index (κ3) is 3.26. The van der Waals surface area contributed by atoms with Crippen molar-refractivity contribution in [2.24, 2.45) is 0 Å². The van der Waals surface area contributed by atoms with E-state index in [1.165, 1.54) is 6.07 Å². The van der Waals surface area contributed by atoms with Crippen molar-refractivity contribution in [1.29, 1.82) is 0 Å². The van der Waals surface area contributed by atoms with Gasteiger partial charge in [0.25, 0.3) is 0 Å². The van der Waals surface area contributed by atoms with Gasteiger partial charge in [0, 0.05) is 10.0 Å². The fourth-order valence-electron chi connectivity index (χ4n) is 1.57. The van der Waals surface area contributed by atoms with Crippen molar-refractivity contribution in [3.63, 3.8) is 0 Å². The summed E-state index contributed by atoms with van der Waals surface area (Å²) in [4.78, 5) is 10.2. The summed E-state index contributed by atoms with van der Waals surface area (Å²) in [6, 6.07) is 8.29. The van der Waals surface area contributed by atoms with Gasteiger partial charge in [0.05, 0.1) is 16.9 Å². The number of nitrogens with zero attached hydrogens (tertiary/aromatic N) is 1. The fraction of sp³-hybridized carbons (Fsp3) is 0.0769. The Morgan fingerprint density at radius 2 is 2.00 bits per heavy atom. The summed E-state index contributed by atoms with van der Waals surface area (Å²) in [6.45, 7) is 0. The van der Waals surface area contributed by atoms with Gasteiger partial charge in [-0.1, -0.05) is 22.0 Å². The van der Waals surface area contributed by atoms with Crippen LogP contribution in [0.4, 0.5) is 10.1 Å². The monoisotopic (exact) mass is 359 g/mol. The smallest absolute Gasteiger partial charge is 0.314 e. The molecule has 0 atom stereocenters. The number of hydrogen-bond acceptors (Lipinski definition) is 3. The van der Waals surface area contributed by atoms with Crippen molar-refractivity contribution in [3.8, 4) is 11.5 Å². The third-order valence-electron chi connectivity index (χ3n) is 2.51. The summed E-state index contributed by atoms with van der Waals surface area (Å²) in [7, 11) is 0. The zero-order chi connectivity index (χ0) is 14.7. The van der Waals surface area contributed by atoms with E-state index in [1.807, 2.05) is 0 Å². The maximum atomic E-state index is 13.1. The SMILES string of the molecule is O=[N+]([O-])c1cc(F)ccc1Oc1cc(Br)ccc1CCl. The van der Waals surface area contributed by atoms with Crippen molar-refractivity contribution < 1.29 is 14.1 Å². The summed E-state index contributed by atoms with van der Waals surface area (Å²) in [5.74, 6) is -0.168. The Morgan fingerprint density at radius 1 is 1.25 bits per heavy atom. The quantitative estimate of drug-likeness (QED) is 0.436. The van der Waals surface area contributed by atoms with Gasteiger partial charge in [0.2, 0.25) is 5.75 Å². The molecule has 2 aromatic carbocycles. The topological polar surface area (TPSA) is 52.4 Å². The zero-order valence-corrected chi connectivity index (χ0v) is 12.3. The molecule has 0 fully saturated rings. The Hall–Kier alpha value is -1.66. The van der Waals surface area contributed by atoms with E-state index >= 15 is 0 Å². The largest absolute Gasteiger partial charge is 0.450 e. The molecule has 0 aliphatic carbocycles. The van der Waals surface area contributed by atoms with Crippen LogP contribution in [-0.2, 0) is 5.88 Å². The van der Waals surface area contributed by atoms with E-state index in [0.29, 0.717) is 11.3 Å². The molecule has 0 radical (unpaired) electrons. The average Bonchev–Trinajstić information content (AvgIpc) is 2.41. The molecular formula is C13H8BrClFNO3. The Kier molecular flexibility index (Phi) is 4.57. The molecule has 0 aliphatic heterocycles. The van der Waals surface area contributed by atoms with Crippen LogP contribution in [0.5, 0.6) is 11.5 Å². The average molecular weight is 361 g/mol. The minimum Gasteiger partial charge on any atom is -0.450 e. The molecule has 0 N–H and O–H groups in total. The normalized spacial score (nSPS) is 10.3. The lowest BCUT2D eigenvalue weighted by atomic mass is 10.2. The second-order valence-electron chi connectivity index (χ2n) is 3.86. The summed E-state index contributed by atoms with van der Waals surface area (Å²) in [5, 5.41) is 10.9. The molecule has 4 nitrogen and oxygen atoms in total. The molecule has 0 heterocycles. The van der Waals surface area contributed by atoms with Crippen molar-refractivity contribution in [2.45, 2.75) is 5.88 Å². The molecule has 0 saturated carbocycles. The Morgan fingerprint density at radius 3 is 2.65 bits per heavy atom. The van der Waals surface area contributed by atoms with E-state index in [2.05, 4.69) is 15.9 Å². The second kappa shape index (κ2) is 6.19. The minimum atomic E-state index is -0.698. The van der Waals surface area contributed by atoms with Crippen LogP contribution in [-0.4, -0.2) is 4.92 Å². The van der Waals surface area contributed by atoms with E-state index < -0.39 is 16.4 Å². The summed E-state index contributed by atoms with van der Waals surface area (Å²) >= 11 is 9.07. The first-order valence-electron chi connectivity index (χ1n) is 5.47. The molecule has 104 valence electrons. The number of halogens is 3. The summed E-state index contributed by atoms with van der Waals surface area (Å²) in [5.41, 5.74) is 0.235. The van der Waals surface area contributed by atoms with Crippen LogP contribution in [0, 0.1) is 15.9 Å².